The SMILES string of the molecule is C/C=C/CC(C)(C)N(C)C(=O)OC(C)(C)C. The number of amides is 1. The van der Waals surface area contributed by atoms with E-state index in [0.29, 0.717) is 0 Å². The van der Waals surface area contributed by atoms with Gasteiger partial charge < -0.3 is 9.64 Å². The van der Waals surface area contributed by atoms with Crippen LogP contribution in [0.5, 0.6) is 0 Å². The molecule has 0 N–H and O–H groups in total. The van der Waals surface area contributed by atoms with Gasteiger partial charge in [-0.15, -0.1) is 0 Å². The van der Waals surface area contributed by atoms with Gasteiger partial charge in [-0.25, -0.2) is 4.79 Å². The molecule has 0 aromatic heterocycles. The minimum Gasteiger partial charge on any atom is -0.444 e. The molecule has 0 aromatic carbocycles. The molecule has 0 radical (unpaired) electrons. The Bertz CT molecular complexity index is 262. The van der Waals surface area contributed by atoms with Crippen LogP contribution in [0.1, 0.15) is 48.0 Å². The van der Waals surface area contributed by atoms with E-state index in [1.54, 1.807) is 11.9 Å². The van der Waals surface area contributed by atoms with Gasteiger partial charge in [0.05, 0.1) is 0 Å². The van der Waals surface area contributed by atoms with Crippen molar-refractivity contribution in [1.29, 1.82) is 0 Å². The summed E-state index contributed by atoms with van der Waals surface area (Å²) in [7, 11) is 1.78. The summed E-state index contributed by atoms with van der Waals surface area (Å²) in [5, 5.41) is 0. The fraction of sp³-hybridized carbons (Fsp3) is 0.769. The van der Waals surface area contributed by atoms with Gasteiger partial charge in [0.25, 0.3) is 0 Å². The molecule has 1 amide bonds. The number of allylic oxidation sites excluding steroid dienone is 1. The van der Waals surface area contributed by atoms with Crippen molar-refractivity contribution in [3.05, 3.63) is 12.2 Å². The van der Waals surface area contributed by atoms with E-state index in [1.807, 2.05) is 47.6 Å². The van der Waals surface area contributed by atoms with Crippen molar-refractivity contribution in [1.82, 2.24) is 4.90 Å². The largest absolute Gasteiger partial charge is 0.444 e. The molecule has 0 bridgehead atoms. The van der Waals surface area contributed by atoms with Crippen LogP contribution >= 0.6 is 0 Å². The quantitative estimate of drug-likeness (QED) is 0.689. The number of carbonyl (C=O) groups is 1. The maximum atomic E-state index is 11.8. The van der Waals surface area contributed by atoms with Crippen LogP contribution in [0, 0.1) is 0 Å². The minimum absolute atomic E-state index is 0.227. The molecule has 0 rings (SSSR count). The van der Waals surface area contributed by atoms with Crippen molar-refractivity contribution in [2.45, 2.75) is 59.1 Å². The van der Waals surface area contributed by atoms with E-state index >= 15 is 0 Å². The smallest absolute Gasteiger partial charge is 0.410 e. The molecule has 0 aromatic rings. The molecule has 0 heterocycles. The van der Waals surface area contributed by atoms with Crippen LogP contribution < -0.4 is 0 Å². The monoisotopic (exact) mass is 227 g/mol. The molecule has 3 heteroatoms. The molecule has 3 nitrogen and oxygen atoms in total. The molecule has 0 saturated heterocycles. The predicted octanol–water partition coefficient (Wildman–Crippen LogP) is 3.60. The lowest BCUT2D eigenvalue weighted by atomic mass is 9.99. The summed E-state index contributed by atoms with van der Waals surface area (Å²) in [6, 6.07) is 0. The molecule has 16 heavy (non-hydrogen) atoms. The Morgan fingerprint density at radius 3 is 2.12 bits per heavy atom. The molecule has 0 spiro atoms. The molecule has 94 valence electrons. The summed E-state index contributed by atoms with van der Waals surface area (Å²) < 4.78 is 5.33. The normalized spacial score (nSPS) is 12.9. The number of carbonyl (C=O) groups excluding carboxylic acids is 1. The summed E-state index contributed by atoms with van der Waals surface area (Å²) in [6.07, 6.45) is 4.59. The highest BCUT2D eigenvalue weighted by Gasteiger charge is 2.29. The van der Waals surface area contributed by atoms with E-state index in [0.717, 1.165) is 6.42 Å². The van der Waals surface area contributed by atoms with Gasteiger partial charge >= 0.3 is 6.09 Å². The number of ether oxygens (including phenoxy) is 1. The van der Waals surface area contributed by atoms with Gasteiger partial charge in [-0.05, 0) is 48.0 Å². The number of hydrogen-bond acceptors (Lipinski definition) is 2. The second-order valence-electron chi connectivity index (χ2n) is 5.62. The van der Waals surface area contributed by atoms with Crippen LogP contribution in [0.4, 0.5) is 4.79 Å². The van der Waals surface area contributed by atoms with E-state index in [9.17, 15) is 4.79 Å². The average molecular weight is 227 g/mol. The molecule has 0 fully saturated rings. The third-order valence-corrected chi connectivity index (χ3v) is 2.43. The zero-order valence-electron chi connectivity index (χ0n) is 11.6. The van der Waals surface area contributed by atoms with E-state index in [2.05, 4.69) is 6.08 Å². The van der Waals surface area contributed by atoms with Gasteiger partial charge in [0.1, 0.15) is 5.60 Å². The Kier molecular flexibility index (Phi) is 5.04. The first kappa shape index (κ1) is 15.0. The Morgan fingerprint density at radius 2 is 1.75 bits per heavy atom. The van der Waals surface area contributed by atoms with Crippen molar-refractivity contribution in [2.24, 2.45) is 0 Å². The highest BCUT2D eigenvalue weighted by molar-refractivity contribution is 5.68. The Labute approximate surface area is 99.5 Å². The second kappa shape index (κ2) is 5.37. The Morgan fingerprint density at radius 1 is 1.25 bits per heavy atom. The van der Waals surface area contributed by atoms with Gasteiger partial charge in [-0.1, -0.05) is 12.2 Å². The lowest BCUT2D eigenvalue weighted by Crippen LogP contribution is -2.46. The van der Waals surface area contributed by atoms with Crippen molar-refractivity contribution >= 4 is 6.09 Å². The standard InChI is InChI=1S/C13H25NO2/c1-8-9-10-13(5,6)14(7)11(15)16-12(2,3)4/h8-9H,10H2,1-7H3/b9-8+. The van der Waals surface area contributed by atoms with Crippen molar-refractivity contribution in [3.8, 4) is 0 Å². The van der Waals surface area contributed by atoms with Gasteiger partial charge in [0.15, 0.2) is 0 Å². The molecule has 0 saturated carbocycles. The highest BCUT2D eigenvalue weighted by atomic mass is 16.6. The van der Waals surface area contributed by atoms with Crippen LogP contribution in [0.15, 0.2) is 12.2 Å². The lowest BCUT2D eigenvalue weighted by Gasteiger charge is -2.36. The molecule has 0 atom stereocenters. The predicted molar refractivity (Wildman–Crippen MR) is 67.5 cm³/mol. The van der Waals surface area contributed by atoms with Crippen LogP contribution in [-0.4, -0.2) is 29.2 Å². The van der Waals surface area contributed by atoms with E-state index in [4.69, 9.17) is 4.74 Å². The van der Waals surface area contributed by atoms with Gasteiger partial charge in [-0.3, -0.25) is 0 Å². The summed E-state index contributed by atoms with van der Waals surface area (Å²) >= 11 is 0. The molecular formula is C13H25NO2. The maximum Gasteiger partial charge on any atom is 0.410 e. The van der Waals surface area contributed by atoms with E-state index in [-0.39, 0.29) is 11.6 Å². The molecule has 0 aliphatic rings. The highest BCUT2D eigenvalue weighted by Crippen LogP contribution is 2.20. The van der Waals surface area contributed by atoms with Gasteiger partial charge in [-0.2, -0.15) is 0 Å². The summed E-state index contributed by atoms with van der Waals surface area (Å²) in [4.78, 5) is 13.5. The second-order valence-corrected chi connectivity index (χ2v) is 5.62. The lowest BCUT2D eigenvalue weighted by molar-refractivity contribution is 0.0116. The van der Waals surface area contributed by atoms with Crippen molar-refractivity contribution in [3.63, 3.8) is 0 Å². The third-order valence-electron chi connectivity index (χ3n) is 2.43. The zero-order valence-corrected chi connectivity index (χ0v) is 11.6. The topological polar surface area (TPSA) is 29.5 Å². The third kappa shape index (κ3) is 5.19. The number of rotatable bonds is 3. The first-order valence-electron chi connectivity index (χ1n) is 5.68. The van der Waals surface area contributed by atoms with Gasteiger partial charge in [0.2, 0.25) is 0 Å². The van der Waals surface area contributed by atoms with Crippen molar-refractivity contribution in [2.75, 3.05) is 7.05 Å². The number of hydrogen-bond donors (Lipinski definition) is 0. The van der Waals surface area contributed by atoms with E-state index < -0.39 is 5.60 Å². The summed E-state index contributed by atoms with van der Waals surface area (Å²) in [6.45, 7) is 11.6. The maximum absolute atomic E-state index is 11.8. The van der Waals surface area contributed by atoms with Crippen LogP contribution in [0.3, 0.4) is 0 Å². The fourth-order valence-corrected chi connectivity index (χ4v) is 1.12. The summed E-state index contributed by atoms with van der Waals surface area (Å²) in [5.41, 5.74) is -0.670. The van der Waals surface area contributed by atoms with Crippen LogP contribution in [-0.2, 0) is 4.74 Å². The molecule has 0 aliphatic heterocycles. The first-order valence-corrected chi connectivity index (χ1v) is 5.68. The number of nitrogens with zero attached hydrogens (tertiary/aromatic N) is 1. The fourth-order valence-electron chi connectivity index (χ4n) is 1.12. The van der Waals surface area contributed by atoms with Crippen LogP contribution in [0.2, 0.25) is 0 Å². The van der Waals surface area contributed by atoms with E-state index in [1.165, 1.54) is 0 Å². The Hall–Kier alpha value is -0.990. The molecular weight excluding hydrogens is 202 g/mol. The first-order chi connectivity index (χ1) is 7.10. The average Bonchev–Trinajstić information content (AvgIpc) is 2.10. The Balaban J connectivity index is 4.53. The summed E-state index contributed by atoms with van der Waals surface area (Å²) in [5.74, 6) is 0. The zero-order chi connectivity index (χ0) is 13.0. The van der Waals surface area contributed by atoms with Gasteiger partial charge in [0, 0.05) is 12.6 Å². The molecule has 0 unspecified atom stereocenters. The molecule has 0 aliphatic carbocycles. The minimum atomic E-state index is -0.442. The van der Waals surface area contributed by atoms with Crippen LogP contribution in [0.25, 0.3) is 0 Å². The van der Waals surface area contributed by atoms with Crippen molar-refractivity contribution < 1.29 is 9.53 Å².